The van der Waals surface area contributed by atoms with Crippen LogP contribution < -0.4 is 14.4 Å². The van der Waals surface area contributed by atoms with Gasteiger partial charge >= 0.3 is 0 Å². The molecular formula is C25H24N4O4S2. The highest BCUT2D eigenvalue weighted by atomic mass is 32.2. The number of aryl methyl sites for hydroxylation is 1. The summed E-state index contributed by atoms with van der Waals surface area (Å²) in [4.78, 5) is 29.0. The third kappa shape index (κ3) is 5.03. The number of para-hydroxylation sites is 1. The number of rotatable bonds is 6. The molecular weight excluding hydrogens is 484 g/mol. The Morgan fingerprint density at radius 3 is 2.34 bits per heavy atom. The Hall–Kier alpha value is -3.76. The number of nitrogens with zero attached hydrogens (tertiary/aromatic N) is 3. The summed E-state index contributed by atoms with van der Waals surface area (Å²) in [7, 11) is -1.98. The maximum Gasteiger partial charge on any atom is 0.279 e. The fourth-order valence-electron chi connectivity index (χ4n) is 3.66. The van der Waals surface area contributed by atoms with Crippen LogP contribution in [0.2, 0.25) is 0 Å². The van der Waals surface area contributed by atoms with Crippen LogP contribution in [-0.4, -0.2) is 31.3 Å². The van der Waals surface area contributed by atoms with Crippen molar-refractivity contribution in [3.8, 4) is 0 Å². The van der Waals surface area contributed by atoms with Crippen molar-refractivity contribution in [3.63, 3.8) is 0 Å². The van der Waals surface area contributed by atoms with Gasteiger partial charge in [0.2, 0.25) is 5.91 Å². The summed E-state index contributed by atoms with van der Waals surface area (Å²) in [6, 6.07) is 20.1. The van der Waals surface area contributed by atoms with Crippen molar-refractivity contribution in [1.29, 1.82) is 0 Å². The Kier molecular flexibility index (Phi) is 6.86. The van der Waals surface area contributed by atoms with E-state index >= 15 is 0 Å². The molecule has 0 saturated heterocycles. The van der Waals surface area contributed by atoms with Crippen LogP contribution in [0, 0.1) is 0 Å². The molecule has 35 heavy (non-hydrogen) atoms. The number of benzene rings is 3. The van der Waals surface area contributed by atoms with E-state index in [1.807, 2.05) is 25.2 Å². The summed E-state index contributed by atoms with van der Waals surface area (Å²) < 4.78 is 30.3. The van der Waals surface area contributed by atoms with Crippen molar-refractivity contribution in [2.75, 3.05) is 16.2 Å². The second kappa shape index (κ2) is 9.85. The predicted molar refractivity (Wildman–Crippen MR) is 138 cm³/mol. The number of thiazole rings is 1. The van der Waals surface area contributed by atoms with E-state index in [4.69, 9.17) is 0 Å². The van der Waals surface area contributed by atoms with Gasteiger partial charge < -0.3 is 9.88 Å². The van der Waals surface area contributed by atoms with Crippen LogP contribution in [0.5, 0.6) is 0 Å². The van der Waals surface area contributed by atoms with Gasteiger partial charge in [-0.25, -0.2) is 8.42 Å². The van der Waals surface area contributed by atoms with E-state index in [1.54, 1.807) is 41.8 Å². The quantitative estimate of drug-likeness (QED) is 0.423. The predicted octanol–water partition coefficient (Wildman–Crippen LogP) is 4.15. The molecule has 4 aromatic rings. The lowest BCUT2D eigenvalue weighted by Gasteiger charge is -2.22. The number of sulfonamides is 1. The monoisotopic (exact) mass is 508 g/mol. The number of carbonyl (C=O) groups is 2. The summed E-state index contributed by atoms with van der Waals surface area (Å²) in [5, 5.41) is 2.74. The summed E-state index contributed by atoms with van der Waals surface area (Å²) in [6.07, 6.45) is 0. The minimum atomic E-state index is -3.78. The highest BCUT2D eigenvalue weighted by Gasteiger charge is 2.23. The lowest BCUT2D eigenvalue weighted by atomic mass is 10.2. The molecule has 0 saturated carbocycles. The molecule has 1 aromatic heterocycles. The van der Waals surface area contributed by atoms with Gasteiger partial charge in [0.25, 0.3) is 15.9 Å². The molecule has 0 fully saturated rings. The van der Waals surface area contributed by atoms with Crippen molar-refractivity contribution in [2.45, 2.75) is 18.7 Å². The van der Waals surface area contributed by atoms with Gasteiger partial charge in [0.1, 0.15) is 0 Å². The van der Waals surface area contributed by atoms with Crippen LogP contribution in [-0.2, 0) is 21.9 Å². The lowest BCUT2D eigenvalue weighted by molar-refractivity contribution is -0.114. The van der Waals surface area contributed by atoms with Crippen molar-refractivity contribution in [3.05, 3.63) is 83.2 Å². The number of amides is 2. The van der Waals surface area contributed by atoms with Crippen LogP contribution in [0.3, 0.4) is 0 Å². The molecule has 0 aliphatic rings. The van der Waals surface area contributed by atoms with E-state index < -0.39 is 15.9 Å². The van der Waals surface area contributed by atoms with Gasteiger partial charge in [-0.05, 0) is 61.5 Å². The second-order valence-corrected chi connectivity index (χ2v) is 10.6. The van der Waals surface area contributed by atoms with Crippen LogP contribution in [0.25, 0.3) is 10.2 Å². The number of aromatic nitrogens is 1. The maximum absolute atomic E-state index is 13.2. The third-order valence-electron chi connectivity index (χ3n) is 5.35. The zero-order valence-corrected chi connectivity index (χ0v) is 21.1. The van der Waals surface area contributed by atoms with Crippen LogP contribution in [0.15, 0.2) is 82.7 Å². The number of nitrogens with one attached hydrogen (secondary N) is 1. The standard InChI is InChI=1S/C25H24N4O4S2/c1-4-29(20-8-6-5-7-9-20)35(32,33)21-13-10-18(11-14-21)24(31)27-25-28(3)22-15-12-19(26-17(2)30)16-23(22)34-25/h5-16H,4H2,1-3H3,(H,26,30). The van der Waals surface area contributed by atoms with Crippen LogP contribution in [0.4, 0.5) is 11.4 Å². The zero-order valence-electron chi connectivity index (χ0n) is 19.4. The van der Waals surface area contributed by atoms with Crippen LogP contribution in [0.1, 0.15) is 24.2 Å². The first-order valence-electron chi connectivity index (χ1n) is 10.8. The molecule has 4 rings (SSSR count). The average Bonchev–Trinajstić information content (AvgIpc) is 3.14. The van der Waals surface area contributed by atoms with Crippen molar-refractivity contribution in [1.82, 2.24) is 4.57 Å². The molecule has 0 atom stereocenters. The molecule has 8 nitrogen and oxygen atoms in total. The van der Waals surface area contributed by atoms with Crippen molar-refractivity contribution < 1.29 is 18.0 Å². The molecule has 3 aromatic carbocycles. The van der Waals surface area contributed by atoms with E-state index in [0.29, 0.717) is 16.2 Å². The molecule has 2 amide bonds. The zero-order chi connectivity index (χ0) is 25.2. The summed E-state index contributed by atoms with van der Waals surface area (Å²) in [5.41, 5.74) is 2.39. The third-order valence-corrected chi connectivity index (χ3v) is 8.36. The van der Waals surface area contributed by atoms with Gasteiger partial charge in [0.15, 0.2) is 4.80 Å². The fourth-order valence-corrected chi connectivity index (χ4v) is 6.19. The number of carbonyl (C=O) groups excluding carboxylic acids is 2. The Balaban J connectivity index is 1.62. The molecule has 1 heterocycles. The summed E-state index contributed by atoms with van der Waals surface area (Å²) >= 11 is 1.32. The van der Waals surface area contributed by atoms with Crippen molar-refractivity contribution >= 4 is 54.8 Å². The highest BCUT2D eigenvalue weighted by Crippen LogP contribution is 2.24. The number of fused-ring (bicyclic) bond motifs is 1. The molecule has 1 N–H and O–H groups in total. The van der Waals surface area contributed by atoms with Crippen molar-refractivity contribution in [2.24, 2.45) is 12.0 Å². The van der Waals surface area contributed by atoms with Gasteiger partial charge in [-0.15, -0.1) is 0 Å². The molecule has 0 aliphatic heterocycles. The first-order valence-corrected chi connectivity index (χ1v) is 13.1. The first-order chi connectivity index (χ1) is 16.7. The van der Waals surface area contributed by atoms with Gasteiger partial charge in [-0.1, -0.05) is 29.5 Å². The van der Waals surface area contributed by atoms with Gasteiger partial charge in [0.05, 0.1) is 20.8 Å². The lowest BCUT2D eigenvalue weighted by Crippen LogP contribution is -2.30. The van der Waals surface area contributed by atoms with Gasteiger partial charge in [0, 0.05) is 31.8 Å². The van der Waals surface area contributed by atoms with E-state index in [9.17, 15) is 18.0 Å². The normalized spacial score (nSPS) is 12.0. The Bertz CT molecular complexity index is 1570. The number of hydrogen-bond acceptors (Lipinski definition) is 5. The molecule has 10 heteroatoms. The molecule has 0 spiro atoms. The number of hydrogen-bond donors (Lipinski definition) is 1. The second-order valence-electron chi connectivity index (χ2n) is 7.75. The highest BCUT2D eigenvalue weighted by molar-refractivity contribution is 7.92. The maximum atomic E-state index is 13.2. The summed E-state index contributed by atoms with van der Waals surface area (Å²) in [6.45, 7) is 3.48. The fraction of sp³-hybridized carbons (Fsp3) is 0.160. The summed E-state index contributed by atoms with van der Waals surface area (Å²) in [5.74, 6) is -0.643. The van der Waals surface area contributed by atoms with E-state index in [-0.39, 0.29) is 22.9 Å². The molecule has 180 valence electrons. The van der Waals surface area contributed by atoms with E-state index in [2.05, 4.69) is 10.3 Å². The Morgan fingerprint density at radius 1 is 1.03 bits per heavy atom. The smallest absolute Gasteiger partial charge is 0.279 e. The largest absolute Gasteiger partial charge is 0.326 e. The molecule has 0 radical (unpaired) electrons. The SMILES string of the molecule is CCN(c1ccccc1)S(=O)(=O)c1ccc(C(=O)N=c2sc3cc(NC(C)=O)ccc3n2C)cc1. The minimum absolute atomic E-state index is 0.0951. The van der Waals surface area contributed by atoms with E-state index in [0.717, 1.165) is 10.2 Å². The van der Waals surface area contributed by atoms with Gasteiger partial charge in [-0.3, -0.25) is 13.9 Å². The average molecular weight is 509 g/mol. The first kappa shape index (κ1) is 24.4. The minimum Gasteiger partial charge on any atom is -0.326 e. The number of anilines is 2. The Labute approximate surface area is 207 Å². The molecule has 0 bridgehead atoms. The topological polar surface area (TPSA) is 101 Å². The van der Waals surface area contributed by atoms with Gasteiger partial charge in [-0.2, -0.15) is 4.99 Å². The van der Waals surface area contributed by atoms with Crippen LogP contribution >= 0.6 is 11.3 Å². The Morgan fingerprint density at radius 2 is 1.71 bits per heavy atom. The molecule has 0 unspecified atom stereocenters. The molecule has 0 aliphatic carbocycles. The van der Waals surface area contributed by atoms with E-state index in [1.165, 1.54) is 46.8 Å².